The minimum absolute atomic E-state index is 0.0535. The second kappa shape index (κ2) is 7.82. The fourth-order valence-corrected chi connectivity index (χ4v) is 3.99. The van der Waals surface area contributed by atoms with Gasteiger partial charge in [-0.25, -0.2) is 0 Å². The first-order valence-electron chi connectivity index (χ1n) is 9.41. The molecule has 1 saturated carbocycles. The van der Waals surface area contributed by atoms with E-state index in [9.17, 15) is 9.59 Å². The highest BCUT2D eigenvalue weighted by Gasteiger charge is 2.26. The number of nitrogens with zero attached hydrogens (tertiary/aromatic N) is 1. The van der Waals surface area contributed by atoms with Crippen LogP contribution in [0.3, 0.4) is 0 Å². The number of likely N-dealkylation sites (tertiary alicyclic amines) is 1. The minimum atomic E-state index is -0.0535. The average Bonchev–Trinajstić information content (AvgIpc) is 3.14. The molecule has 1 N–H and O–H groups in total. The minimum Gasteiger partial charge on any atom is -0.349 e. The summed E-state index contributed by atoms with van der Waals surface area (Å²) in [6.07, 6.45) is 8.87. The monoisotopic (exact) mass is 328 g/mol. The van der Waals surface area contributed by atoms with E-state index in [4.69, 9.17) is 0 Å². The van der Waals surface area contributed by atoms with Gasteiger partial charge in [-0.15, -0.1) is 0 Å². The lowest BCUT2D eigenvalue weighted by Gasteiger charge is -2.35. The molecular formula is C20H28N2O2. The van der Waals surface area contributed by atoms with E-state index in [0.717, 1.165) is 38.6 Å². The lowest BCUT2D eigenvalue weighted by Crippen LogP contribution is -2.43. The molecule has 24 heavy (non-hydrogen) atoms. The van der Waals surface area contributed by atoms with E-state index in [1.54, 1.807) is 12.1 Å². The Morgan fingerprint density at radius 2 is 1.79 bits per heavy atom. The molecule has 1 aliphatic heterocycles. The Morgan fingerprint density at radius 3 is 2.54 bits per heavy atom. The van der Waals surface area contributed by atoms with Gasteiger partial charge in [-0.05, 0) is 56.7 Å². The standard InChI is InChI=1S/C20H28N2O2/c1-2-18-12-5-6-13-22(18)20(24)16-9-7-8-15(14-16)19(23)21-17-10-3-4-11-17/h7-9,14,17-18H,2-6,10-13H2,1H3,(H,21,23). The SMILES string of the molecule is CCC1CCCCN1C(=O)c1cccc(C(=O)NC2CCCC2)c1. The normalized spacial score (nSPS) is 21.7. The molecule has 3 rings (SSSR count). The number of amides is 2. The second-order valence-corrected chi connectivity index (χ2v) is 7.09. The van der Waals surface area contributed by atoms with Gasteiger partial charge in [0.2, 0.25) is 0 Å². The Kier molecular flexibility index (Phi) is 5.54. The number of piperidine rings is 1. The molecule has 4 heteroatoms. The zero-order valence-electron chi connectivity index (χ0n) is 14.6. The third kappa shape index (κ3) is 3.80. The highest BCUT2D eigenvalue weighted by atomic mass is 16.2. The third-order valence-corrected chi connectivity index (χ3v) is 5.42. The summed E-state index contributed by atoms with van der Waals surface area (Å²) in [7, 11) is 0. The molecule has 2 fully saturated rings. The van der Waals surface area contributed by atoms with E-state index in [0.29, 0.717) is 23.2 Å². The maximum Gasteiger partial charge on any atom is 0.254 e. The van der Waals surface area contributed by atoms with Crippen LogP contribution in [0.2, 0.25) is 0 Å². The lowest BCUT2D eigenvalue weighted by atomic mass is 9.98. The molecule has 4 nitrogen and oxygen atoms in total. The van der Waals surface area contributed by atoms with Gasteiger partial charge in [-0.3, -0.25) is 9.59 Å². The predicted octanol–water partition coefficient (Wildman–Crippen LogP) is 3.76. The summed E-state index contributed by atoms with van der Waals surface area (Å²) in [5.74, 6) is 0.0132. The number of carbonyl (C=O) groups excluding carboxylic acids is 2. The Hall–Kier alpha value is -1.84. The summed E-state index contributed by atoms with van der Waals surface area (Å²) in [5, 5.41) is 3.10. The number of carbonyl (C=O) groups is 2. The van der Waals surface area contributed by atoms with Crippen molar-refractivity contribution in [2.45, 2.75) is 70.4 Å². The van der Waals surface area contributed by atoms with Gasteiger partial charge in [0.05, 0.1) is 0 Å². The molecule has 1 aromatic rings. The Morgan fingerprint density at radius 1 is 1.08 bits per heavy atom. The first kappa shape index (κ1) is 17.0. The smallest absolute Gasteiger partial charge is 0.254 e. The summed E-state index contributed by atoms with van der Waals surface area (Å²) >= 11 is 0. The molecular weight excluding hydrogens is 300 g/mol. The fourth-order valence-electron chi connectivity index (χ4n) is 3.99. The van der Waals surface area contributed by atoms with Crippen molar-refractivity contribution in [1.82, 2.24) is 10.2 Å². The maximum absolute atomic E-state index is 12.9. The number of nitrogens with one attached hydrogen (secondary N) is 1. The van der Waals surface area contributed by atoms with E-state index in [2.05, 4.69) is 12.2 Å². The van der Waals surface area contributed by atoms with Crippen molar-refractivity contribution >= 4 is 11.8 Å². The molecule has 2 amide bonds. The molecule has 0 bridgehead atoms. The number of hydrogen-bond acceptors (Lipinski definition) is 2. The number of hydrogen-bond donors (Lipinski definition) is 1. The molecule has 1 unspecified atom stereocenters. The van der Waals surface area contributed by atoms with Crippen molar-refractivity contribution < 1.29 is 9.59 Å². The van der Waals surface area contributed by atoms with Crippen LogP contribution >= 0.6 is 0 Å². The molecule has 1 aromatic carbocycles. The molecule has 0 radical (unpaired) electrons. The number of benzene rings is 1. The van der Waals surface area contributed by atoms with Gasteiger partial charge >= 0.3 is 0 Å². The summed E-state index contributed by atoms with van der Waals surface area (Å²) in [5.41, 5.74) is 1.23. The van der Waals surface area contributed by atoms with Crippen LogP contribution in [0.5, 0.6) is 0 Å². The van der Waals surface area contributed by atoms with Gasteiger partial charge < -0.3 is 10.2 Å². The van der Waals surface area contributed by atoms with E-state index in [-0.39, 0.29) is 11.8 Å². The fraction of sp³-hybridized carbons (Fsp3) is 0.600. The highest BCUT2D eigenvalue weighted by Crippen LogP contribution is 2.22. The van der Waals surface area contributed by atoms with Gasteiger partial charge in [0.1, 0.15) is 0 Å². The molecule has 1 atom stereocenters. The lowest BCUT2D eigenvalue weighted by molar-refractivity contribution is 0.0608. The molecule has 0 spiro atoms. The van der Waals surface area contributed by atoms with Crippen LogP contribution in [0.25, 0.3) is 0 Å². The van der Waals surface area contributed by atoms with Gasteiger partial charge in [-0.1, -0.05) is 25.8 Å². The van der Waals surface area contributed by atoms with Crippen LogP contribution in [-0.4, -0.2) is 35.3 Å². The van der Waals surface area contributed by atoms with E-state index < -0.39 is 0 Å². The first-order chi connectivity index (χ1) is 11.7. The van der Waals surface area contributed by atoms with E-state index in [1.165, 1.54) is 19.3 Å². The van der Waals surface area contributed by atoms with Crippen LogP contribution in [-0.2, 0) is 0 Å². The highest BCUT2D eigenvalue weighted by molar-refractivity contribution is 5.99. The van der Waals surface area contributed by atoms with Crippen LogP contribution in [0, 0.1) is 0 Å². The molecule has 2 aliphatic rings. The van der Waals surface area contributed by atoms with Gasteiger partial charge in [0, 0.05) is 29.8 Å². The molecule has 1 aliphatic carbocycles. The van der Waals surface area contributed by atoms with Gasteiger partial charge in [0.25, 0.3) is 11.8 Å². The van der Waals surface area contributed by atoms with Crippen molar-refractivity contribution in [2.75, 3.05) is 6.54 Å². The van der Waals surface area contributed by atoms with Crippen molar-refractivity contribution in [3.63, 3.8) is 0 Å². The molecule has 130 valence electrons. The summed E-state index contributed by atoms with van der Waals surface area (Å²) in [6.45, 7) is 2.97. The van der Waals surface area contributed by atoms with E-state index >= 15 is 0 Å². The van der Waals surface area contributed by atoms with Crippen LogP contribution < -0.4 is 5.32 Å². The summed E-state index contributed by atoms with van der Waals surface area (Å²) in [6, 6.07) is 7.84. The van der Waals surface area contributed by atoms with E-state index in [1.807, 2.05) is 17.0 Å². The molecule has 0 aromatic heterocycles. The number of rotatable bonds is 4. The van der Waals surface area contributed by atoms with Crippen molar-refractivity contribution in [3.05, 3.63) is 35.4 Å². The summed E-state index contributed by atoms with van der Waals surface area (Å²) in [4.78, 5) is 27.3. The second-order valence-electron chi connectivity index (χ2n) is 7.09. The summed E-state index contributed by atoms with van der Waals surface area (Å²) < 4.78 is 0. The van der Waals surface area contributed by atoms with Crippen LogP contribution in [0.1, 0.15) is 79.0 Å². The van der Waals surface area contributed by atoms with Crippen molar-refractivity contribution in [3.8, 4) is 0 Å². The average molecular weight is 328 g/mol. The third-order valence-electron chi connectivity index (χ3n) is 5.42. The Labute approximate surface area is 144 Å². The zero-order chi connectivity index (χ0) is 16.9. The van der Waals surface area contributed by atoms with Crippen LogP contribution in [0.4, 0.5) is 0 Å². The quantitative estimate of drug-likeness (QED) is 0.915. The van der Waals surface area contributed by atoms with Crippen molar-refractivity contribution in [1.29, 1.82) is 0 Å². The molecule has 1 saturated heterocycles. The Balaban J connectivity index is 1.71. The van der Waals surface area contributed by atoms with Gasteiger partial charge in [0.15, 0.2) is 0 Å². The zero-order valence-corrected chi connectivity index (χ0v) is 14.6. The predicted molar refractivity (Wildman–Crippen MR) is 95.1 cm³/mol. The van der Waals surface area contributed by atoms with Crippen LogP contribution in [0.15, 0.2) is 24.3 Å². The Bertz CT molecular complexity index is 593. The van der Waals surface area contributed by atoms with Gasteiger partial charge in [-0.2, -0.15) is 0 Å². The van der Waals surface area contributed by atoms with Crippen molar-refractivity contribution in [2.24, 2.45) is 0 Å². The molecule has 1 heterocycles. The largest absolute Gasteiger partial charge is 0.349 e. The first-order valence-corrected chi connectivity index (χ1v) is 9.41. The topological polar surface area (TPSA) is 49.4 Å². The maximum atomic E-state index is 12.9.